The van der Waals surface area contributed by atoms with Crippen molar-refractivity contribution < 1.29 is 98.9 Å². The number of rotatable bonds is 10. The van der Waals surface area contributed by atoms with E-state index in [0.717, 1.165) is 26.4 Å². The van der Waals surface area contributed by atoms with Gasteiger partial charge in [-0.3, -0.25) is 4.79 Å². The lowest BCUT2D eigenvalue weighted by Gasteiger charge is -2.71. The van der Waals surface area contributed by atoms with Crippen LogP contribution in [0.2, 0.25) is 0 Å². The minimum Gasteiger partial charge on any atom is -0.467 e. The fraction of sp³-hybridized carbons (Fsp3) is 0.918. The molecule has 0 aromatic rings. The molecule has 0 radical (unpaired) electrons. The Morgan fingerprint density at radius 2 is 1.23 bits per heavy atom. The summed E-state index contributed by atoms with van der Waals surface area (Å²) in [5.41, 5.74) is -1.63. The zero-order chi connectivity index (χ0) is 50.6. The van der Waals surface area contributed by atoms with Crippen LogP contribution in [-0.4, -0.2) is 193 Å². The molecule has 24 atom stereocenters. The van der Waals surface area contributed by atoms with Gasteiger partial charge in [0.15, 0.2) is 18.7 Å². The van der Waals surface area contributed by atoms with Crippen molar-refractivity contribution in [1.82, 2.24) is 0 Å². The summed E-state index contributed by atoms with van der Waals surface area (Å²) in [7, 11) is 1.08. The fourth-order valence-electron chi connectivity index (χ4n) is 15.1. The number of methoxy groups -OCH3 is 1. The number of esters is 2. The van der Waals surface area contributed by atoms with Gasteiger partial charge >= 0.3 is 11.9 Å². The van der Waals surface area contributed by atoms with E-state index in [9.17, 15) is 65.8 Å². The molecule has 4 saturated carbocycles. The van der Waals surface area contributed by atoms with Crippen LogP contribution < -0.4 is 0 Å². The highest BCUT2D eigenvalue weighted by Gasteiger charge is 2.71. The summed E-state index contributed by atoms with van der Waals surface area (Å²) in [6.45, 7) is 11.7. The van der Waals surface area contributed by atoms with Crippen molar-refractivity contribution in [3.05, 3.63) is 11.6 Å². The average molecular weight is 987 g/mol. The van der Waals surface area contributed by atoms with Crippen LogP contribution in [-0.2, 0) is 42.7 Å². The topological polar surface area (TPSA) is 321 Å². The Balaban J connectivity index is 1.03. The second-order valence-corrected chi connectivity index (χ2v) is 23.5. The number of carbonyl (C=O) groups excluding carboxylic acids is 2. The lowest BCUT2D eigenvalue weighted by molar-refractivity contribution is -0.364. The van der Waals surface area contributed by atoms with E-state index in [-0.39, 0.29) is 46.0 Å². The van der Waals surface area contributed by atoms with Gasteiger partial charge in [-0.05, 0) is 104 Å². The highest BCUT2D eigenvalue weighted by molar-refractivity contribution is 5.79. The molecule has 394 valence electrons. The predicted octanol–water partition coefficient (Wildman–Crippen LogP) is -0.706. The van der Waals surface area contributed by atoms with Crippen LogP contribution in [0.5, 0.6) is 0 Å². The number of fused-ring (bicyclic) bond motifs is 7. The molecule has 5 aliphatic carbocycles. The number of ether oxygens (including phenoxy) is 7. The third kappa shape index (κ3) is 8.36. The van der Waals surface area contributed by atoms with Crippen molar-refractivity contribution in [2.75, 3.05) is 26.9 Å². The molecular formula is C49H78O20. The summed E-state index contributed by atoms with van der Waals surface area (Å²) < 4.78 is 40.4. The van der Waals surface area contributed by atoms with E-state index >= 15 is 0 Å². The van der Waals surface area contributed by atoms with Crippen molar-refractivity contribution in [2.45, 2.75) is 204 Å². The first-order chi connectivity index (χ1) is 32.3. The quantitative estimate of drug-likeness (QED) is 0.0732. The Hall–Kier alpha value is -1.96. The third-order valence-corrected chi connectivity index (χ3v) is 19.6. The Morgan fingerprint density at radius 3 is 1.84 bits per heavy atom. The van der Waals surface area contributed by atoms with Crippen LogP contribution in [0.3, 0.4) is 0 Å². The SMILES string of the molecule is COC(=O)[C@H]1O[C@@H](O[C@H]2CC[C@@]3(C)[C@@H](CC[C@]4(C)[C@@H]3CC=C3[C@@H]5CC(C)(C)CC[C@]5(C(=O)O[C@@H]5O[C@H](CO)[C@@H](O)[C@H](O)[C@H]5O)CC[C@]34C)[C@]2(C)CO)[C@H](O)[C@@H](O)[C@@H]1O[C@@H]1O[C@H](CO)[C@H](O)[C@H](O)[C@H]1O. The molecular weight excluding hydrogens is 909 g/mol. The molecule has 0 spiro atoms. The van der Waals surface area contributed by atoms with Gasteiger partial charge in [0.2, 0.25) is 6.29 Å². The summed E-state index contributed by atoms with van der Waals surface area (Å²) in [5.74, 6) is -1.70. The second-order valence-electron chi connectivity index (χ2n) is 23.5. The van der Waals surface area contributed by atoms with Crippen molar-refractivity contribution in [2.24, 2.45) is 50.2 Å². The number of hydrogen-bond donors (Lipinski definition) is 11. The Morgan fingerprint density at radius 1 is 0.652 bits per heavy atom. The number of aliphatic hydroxyl groups is 11. The summed E-state index contributed by atoms with van der Waals surface area (Å²) in [4.78, 5) is 27.9. The Kier molecular flexibility index (Phi) is 14.7. The Labute approximate surface area is 402 Å². The van der Waals surface area contributed by atoms with Gasteiger partial charge in [0.05, 0.1) is 38.4 Å². The van der Waals surface area contributed by atoms with Crippen molar-refractivity contribution in [3.63, 3.8) is 0 Å². The Bertz CT molecular complexity index is 1910. The molecule has 0 unspecified atom stereocenters. The zero-order valence-corrected chi connectivity index (χ0v) is 40.8. The fourth-order valence-corrected chi connectivity index (χ4v) is 15.1. The van der Waals surface area contributed by atoms with Gasteiger partial charge < -0.3 is 89.3 Å². The molecule has 20 heteroatoms. The number of allylic oxidation sites excluding steroid dienone is 2. The molecule has 11 N–H and O–H groups in total. The molecule has 3 aliphatic heterocycles. The van der Waals surface area contributed by atoms with Gasteiger partial charge in [0.25, 0.3) is 0 Å². The van der Waals surface area contributed by atoms with Gasteiger partial charge in [0, 0.05) is 5.41 Å². The summed E-state index contributed by atoms with van der Waals surface area (Å²) >= 11 is 0. The summed E-state index contributed by atoms with van der Waals surface area (Å²) in [6, 6.07) is 0. The van der Waals surface area contributed by atoms with E-state index < -0.39 is 134 Å². The molecule has 20 nitrogen and oxygen atoms in total. The van der Waals surface area contributed by atoms with E-state index in [1.807, 2.05) is 6.92 Å². The average Bonchev–Trinajstić information content (AvgIpc) is 3.31. The normalized spacial score (nSPS) is 52.8. The lowest BCUT2D eigenvalue weighted by Crippen LogP contribution is -2.68. The first kappa shape index (κ1) is 53.3. The van der Waals surface area contributed by atoms with E-state index in [1.165, 1.54) is 5.57 Å². The highest BCUT2D eigenvalue weighted by Crippen LogP contribution is 2.76. The summed E-state index contributed by atoms with van der Waals surface area (Å²) in [6.07, 6.45) is -17.0. The molecule has 0 aromatic heterocycles. The first-order valence-corrected chi connectivity index (χ1v) is 24.9. The lowest BCUT2D eigenvalue weighted by atomic mass is 9.33. The number of hydrogen-bond acceptors (Lipinski definition) is 20. The maximum absolute atomic E-state index is 14.7. The minimum atomic E-state index is -1.90. The molecule has 3 heterocycles. The van der Waals surface area contributed by atoms with Crippen LogP contribution in [0.15, 0.2) is 11.6 Å². The van der Waals surface area contributed by atoms with Crippen molar-refractivity contribution >= 4 is 11.9 Å². The van der Waals surface area contributed by atoms with E-state index in [4.69, 9.17) is 33.2 Å². The maximum Gasteiger partial charge on any atom is 0.337 e. The number of carbonyl (C=O) groups is 2. The zero-order valence-electron chi connectivity index (χ0n) is 40.8. The second kappa shape index (κ2) is 19.1. The minimum absolute atomic E-state index is 0.0971. The monoisotopic (exact) mass is 987 g/mol. The molecule has 3 saturated heterocycles. The third-order valence-electron chi connectivity index (χ3n) is 19.6. The highest BCUT2D eigenvalue weighted by atomic mass is 16.8. The van der Waals surface area contributed by atoms with Gasteiger partial charge in [0.1, 0.15) is 67.1 Å². The van der Waals surface area contributed by atoms with Crippen LogP contribution in [0, 0.1) is 50.2 Å². The molecule has 0 aromatic carbocycles. The van der Waals surface area contributed by atoms with Gasteiger partial charge in [-0.15, -0.1) is 0 Å². The molecule has 7 fully saturated rings. The smallest absolute Gasteiger partial charge is 0.337 e. The molecule has 0 bridgehead atoms. The van der Waals surface area contributed by atoms with E-state index in [1.54, 1.807) is 0 Å². The van der Waals surface area contributed by atoms with Crippen LogP contribution in [0.4, 0.5) is 0 Å². The maximum atomic E-state index is 14.7. The standard InChI is InChI=1S/C49H78O20/c1-44(2)14-16-49(43(62)69-41-35(59)32(56)30(54)25(20-51)65-41)17-15-47(5)22(23(49)18-44)8-9-27-45(3)12-11-28(46(4,21-52)26(45)10-13-48(27,47)6)66-42-36(60)33(57)37(38(68-42)39(61)63-7)67-40-34(58)31(55)29(53)24(19-50)64-40/h8,23-38,40-42,50-60H,9-21H2,1-7H3/t23-,24+,25+,26+,27+,28-,29-,30+,31-,32-,33+,34+,35+,36+,37-,38-,40-,41-,42+,45-,46-,47+,48+,49-/m0/s1. The van der Waals surface area contributed by atoms with Gasteiger partial charge in [-0.1, -0.05) is 53.2 Å². The summed E-state index contributed by atoms with van der Waals surface area (Å²) in [5, 5.41) is 117. The molecule has 0 amide bonds. The van der Waals surface area contributed by atoms with Gasteiger partial charge in [-0.2, -0.15) is 0 Å². The molecule has 69 heavy (non-hydrogen) atoms. The molecule has 8 rings (SSSR count). The van der Waals surface area contributed by atoms with Crippen molar-refractivity contribution in [3.8, 4) is 0 Å². The van der Waals surface area contributed by atoms with Gasteiger partial charge in [-0.25, -0.2) is 4.79 Å². The van der Waals surface area contributed by atoms with Crippen molar-refractivity contribution in [1.29, 1.82) is 0 Å². The van der Waals surface area contributed by atoms with Crippen LogP contribution >= 0.6 is 0 Å². The first-order valence-electron chi connectivity index (χ1n) is 24.9. The van der Waals surface area contributed by atoms with E-state index in [0.29, 0.717) is 44.9 Å². The predicted molar refractivity (Wildman–Crippen MR) is 237 cm³/mol. The number of aliphatic hydroxyl groups excluding tert-OH is 11. The van der Waals surface area contributed by atoms with E-state index in [2.05, 4.69) is 40.7 Å². The largest absolute Gasteiger partial charge is 0.467 e. The molecule has 8 aliphatic rings. The van der Waals surface area contributed by atoms with Crippen LogP contribution in [0.25, 0.3) is 0 Å². The van der Waals surface area contributed by atoms with Crippen LogP contribution in [0.1, 0.15) is 106 Å².